The number of halogens is 3. The molecule has 3 aromatic rings. The number of quaternary nitrogens is 1. The minimum absolute atomic E-state index is 0.00175. The van der Waals surface area contributed by atoms with E-state index >= 15 is 0 Å². The molecule has 0 aliphatic carbocycles. The molecule has 2 aliphatic heterocycles. The Morgan fingerprint density at radius 2 is 1.91 bits per heavy atom. The number of carbonyl (C=O) groups is 2. The monoisotopic (exact) mass is 643 g/mol. The smallest absolute Gasteiger partial charge is 0.416 e. The molecular formula is C31H34F3N6O6+. The van der Waals surface area contributed by atoms with Crippen molar-refractivity contribution in [2.75, 3.05) is 44.8 Å². The Bertz CT molecular complexity index is 1720. The van der Waals surface area contributed by atoms with Gasteiger partial charge in [-0.25, -0.2) is 19.3 Å². The summed E-state index contributed by atoms with van der Waals surface area (Å²) >= 11 is 0. The maximum atomic E-state index is 13.6. The van der Waals surface area contributed by atoms with Crippen LogP contribution >= 0.6 is 0 Å². The molecule has 1 aromatic heterocycles. The number of alkyl halides is 3. The van der Waals surface area contributed by atoms with E-state index in [4.69, 9.17) is 14.6 Å². The van der Waals surface area contributed by atoms with E-state index in [1.165, 1.54) is 28.7 Å². The van der Waals surface area contributed by atoms with Crippen molar-refractivity contribution in [2.45, 2.75) is 38.4 Å². The van der Waals surface area contributed by atoms with Crippen molar-refractivity contribution < 1.29 is 42.2 Å². The Balaban J connectivity index is 0.00000154. The van der Waals surface area contributed by atoms with Gasteiger partial charge < -0.3 is 19.4 Å². The molecule has 0 saturated carbocycles. The molecule has 244 valence electrons. The Morgan fingerprint density at radius 3 is 2.52 bits per heavy atom. The number of hydrogen-bond donors (Lipinski definition) is 3. The third-order valence-electron chi connectivity index (χ3n) is 8.49. The van der Waals surface area contributed by atoms with Crippen LogP contribution in [0.1, 0.15) is 48.1 Å². The number of aromatic amines is 1. The highest BCUT2D eigenvalue weighted by Crippen LogP contribution is 2.43. The van der Waals surface area contributed by atoms with Crippen LogP contribution in [0.2, 0.25) is 0 Å². The fourth-order valence-corrected chi connectivity index (χ4v) is 6.37. The number of nitrogens with zero attached hydrogens (tertiary/aromatic N) is 5. The van der Waals surface area contributed by atoms with Crippen LogP contribution in [0.3, 0.4) is 0 Å². The summed E-state index contributed by atoms with van der Waals surface area (Å²) in [5.74, 6) is -0.769. The molecule has 5 rings (SSSR count). The van der Waals surface area contributed by atoms with Gasteiger partial charge in [0.25, 0.3) is 6.47 Å². The van der Waals surface area contributed by atoms with Crippen LogP contribution in [0, 0.1) is 11.3 Å². The number of likely N-dealkylation sites (tertiary alicyclic amines) is 1. The van der Waals surface area contributed by atoms with E-state index in [1.54, 1.807) is 25.1 Å². The molecule has 12 nitrogen and oxygen atoms in total. The number of nitriles is 1. The highest BCUT2D eigenvalue weighted by atomic mass is 19.4. The van der Waals surface area contributed by atoms with E-state index < -0.39 is 29.4 Å². The number of aromatic nitrogens is 3. The topological polar surface area (TPSA) is 162 Å². The number of H-pyrrole nitrogens is 1. The molecule has 2 aliphatic rings. The number of nitrogens with one attached hydrogen (secondary N) is 1. The second-order valence-corrected chi connectivity index (χ2v) is 11.0. The minimum Gasteiger partial charge on any atom is -0.483 e. The van der Waals surface area contributed by atoms with Gasteiger partial charge in [0.15, 0.2) is 0 Å². The van der Waals surface area contributed by atoms with Gasteiger partial charge in [-0.1, -0.05) is 12.1 Å². The zero-order valence-corrected chi connectivity index (χ0v) is 25.3. The molecule has 46 heavy (non-hydrogen) atoms. The number of rotatable bonds is 8. The van der Waals surface area contributed by atoms with Crippen molar-refractivity contribution in [3.05, 3.63) is 86.5 Å². The molecule has 1 saturated heterocycles. The molecule has 15 heteroatoms. The summed E-state index contributed by atoms with van der Waals surface area (Å²) < 4.78 is 48.0. The van der Waals surface area contributed by atoms with Crippen molar-refractivity contribution in [2.24, 2.45) is 0 Å². The highest BCUT2D eigenvalue weighted by molar-refractivity contribution is 5.93. The molecule has 0 bridgehead atoms. The standard InChI is InChI=1S/C30H31F3N6O4.CH2O2/c1-19-25(27(41)43-2)26(24-9-8-20(18-34)16-21(24)10-13-39(14-15-40)11-3-4-12-39)38-28(35-36-29(38)42)37(19)23-7-5-6-22(17-23)30(31,32)33;2-1-3/h5-9,16-17,26,40H,3-4,10-15H2,1-2H3;1H,(H,2,3)/p+1/t26-;/m1./s1. The minimum atomic E-state index is -4.62. The van der Waals surface area contributed by atoms with Crippen LogP contribution in [0.4, 0.5) is 24.8 Å². The number of aliphatic hydroxyl groups excluding tert-OH is 1. The second kappa shape index (κ2) is 14.0. The van der Waals surface area contributed by atoms with Crippen molar-refractivity contribution in [3.8, 4) is 6.07 Å². The average Bonchev–Trinajstić information content (AvgIpc) is 3.66. The lowest BCUT2D eigenvalue weighted by Crippen LogP contribution is -2.48. The third-order valence-corrected chi connectivity index (χ3v) is 8.49. The van der Waals surface area contributed by atoms with E-state index in [-0.39, 0.29) is 36.0 Å². The van der Waals surface area contributed by atoms with Crippen LogP contribution in [-0.2, 0) is 26.9 Å². The van der Waals surface area contributed by atoms with E-state index in [0.717, 1.165) is 48.1 Å². The highest BCUT2D eigenvalue weighted by Gasteiger charge is 2.41. The number of methoxy groups -OCH3 is 1. The molecule has 3 heterocycles. The Labute approximate surface area is 262 Å². The summed E-state index contributed by atoms with van der Waals surface area (Å²) in [6, 6.07) is 10.7. The summed E-state index contributed by atoms with van der Waals surface area (Å²) in [5, 5.41) is 32.9. The van der Waals surface area contributed by atoms with Crippen LogP contribution < -0.4 is 10.6 Å². The third kappa shape index (κ3) is 6.68. The fraction of sp³-hybridized carbons (Fsp3) is 0.387. The fourth-order valence-electron chi connectivity index (χ4n) is 6.37. The van der Waals surface area contributed by atoms with Crippen molar-refractivity contribution in [1.29, 1.82) is 5.26 Å². The van der Waals surface area contributed by atoms with Gasteiger partial charge in [0.1, 0.15) is 12.6 Å². The molecule has 0 spiro atoms. The van der Waals surface area contributed by atoms with Crippen LogP contribution in [0.5, 0.6) is 0 Å². The number of carbonyl (C=O) groups excluding carboxylic acids is 1. The quantitative estimate of drug-likeness (QED) is 0.190. The van der Waals surface area contributed by atoms with Gasteiger partial charge in [0, 0.05) is 30.6 Å². The number of anilines is 2. The molecule has 0 radical (unpaired) electrons. The van der Waals surface area contributed by atoms with Crippen LogP contribution in [0.15, 0.2) is 58.5 Å². The molecule has 0 amide bonds. The van der Waals surface area contributed by atoms with Crippen molar-refractivity contribution >= 4 is 24.1 Å². The molecule has 1 atom stereocenters. The Kier molecular flexibility index (Phi) is 10.3. The van der Waals surface area contributed by atoms with Gasteiger partial charge >= 0.3 is 17.8 Å². The van der Waals surface area contributed by atoms with Crippen molar-refractivity contribution in [3.63, 3.8) is 0 Å². The van der Waals surface area contributed by atoms with E-state index in [2.05, 4.69) is 16.3 Å². The number of esters is 1. The summed E-state index contributed by atoms with van der Waals surface area (Å²) in [7, 11) is 1.19. The maximum absolute atomic E-state index is 13.6. The second-order valence-electron chi connectivity index (χ2n) is 11.0. The molecule has 3 N–H and O–H groups in total. The average molecular weight is 644 g/mol. The first kappa shape index (κ1) is 33.9. The lowest BCUT2D eigenvalue weighted by molar-refractivity contribution is -0.916. The molecular weight excluding hydrogens is 609 g/mol. The number of hydrogen-bond acceptors (Lipinski definition) is 8. The summed E-state index contributed by atoms with van der Waals surface area (Å²) in [6.45, 7) is 4.47. The molecule has 0 unspecified atom stereocenters. The van der Waals surface area contributed by atoms with Gasteiger partial charge in [0.2, 0.25) is 5.95 Å². The predicted molar refractivity (Wildman–Crippen MR) is 159 cm³/mol. The molecule has 2 aromatic carbocycles. The molecule has 1 fully saturated rings. The number of aliphatic hydroxyl groups is 1. The lowest BCUT2D eigenvalue weighted by atomic mass is 9.89. The number of allylic oxidation sites excluding steroid dienone is 1. The van der Waals surface area contributed by atoms with Gasteiger partial charge in [0.05, 0.1) is 56.1 Å². The number of fused-ring (bicyclic) bond motifs is 1. The van der Waals surface area contributed by atoms with E-state index in [0.29, 0.717) is 30.6 Å². The first-order valence-corrected chi connectivity index (χ1v) is 14.4. The normalized spacial score (nSPS) is 17.1. The van der Waals surface area contributed by atoms with E-state index in [9.17, 15) is 33.1 Å². The summed E-state index contributed by atoms with van der Waals surface area (Å²) in [4.78, 5) is 36.4. The zero-order chi connectivity index (χ0) is 33.6. The van der Waals surface area contributed by atoms with Gasteiger partial charge in [-0.3, -0.25) is 9.69 Å². The number of carboxylic acid groups (broad SMARTS) is 1. The van der Waals surface area contributed by atoms with Gasteiger partial charge in [-0.05, 0) is 48.4 Å². The van der Waals surface area contributed by atoms with Crippen LogP contribution in [-0.4, -0.2) is 81.8 Å². The zero-order valence-electron chi connectivity index (χ0n) is 25.3. The predicted octanol–water partition coefficient (Wildman–Crippen LogP) is 3.50. The summed E-state index contributed by atoms with van der Waals surface area (Å²) in [5.41, 5.74) is 0.446. The number of ether oxygens (including phenoxy) is 1. The largest absolute Gasteiger partial charge is 0.483 e. The SMILES string of the molecule is COC(=O)C1=C(C)N(c2cccc(C(F)(F)F)c2)c2n[nH]c(=O)n2[C@@H]1c1ccc(C#N)cc1CC[N+]1(CCO)CCCC1.O=CO. The Morgan fingerprint density at radius 1 is 1.22 bits per heavy atom. The first-order valence-electron chi connectivity index (χ1n) is 14.4. The van der Waals surface area contributed by atoms with Gasteiger partial charge in [-0.15, -0.1) is 5.10 Å². The van der Waals surface area contributed by atoms with Gasteiger partial charge in [-0.2, -0.15) is 18.4 Å². The first-order chi connectivity index (χ1) is 21.9. The van der Waals surface area contributed by atoms with Crippen molar-refractivity contribution in [1.82, 2.24) is 14.8 Å². The van der Waals surface area contributed by atoms with E-state index in [1.807, 2.05) is 0 Å². The Hall–Kier alpha value is -4.94. The lowest BCUT2D eigenvalue weighted by Gasteiger charge is -2.37. The summed E-state index contributed by atoms with van der Waals surface area (Å²) in [6.07, 6.45) is -2.04. The maximum Gasteiger partial charge on any atom is 0.416 e. The van der Waals surface area contributed by atoms with Crippen LogP contribution in [0.25, 0.3) is 0 Å². The number of benzene rings is 2.